The number of methoxy groups -OCH3 is 1. The Hall–Kier alpha value is -1.68. The van der Waals surface area contributed by atoms with Gasteiger partial charge in [-0.3, -0.25) is 14.4 Å². The van der Waals surface area contributed by atoms with E-state index in [1.807, 2.05) is 0 Å². The molecule has 3 atom stereocenters. The molecule has 1 aromatic rings. The van der Waals surface area contributed by atoms with Gasteiger partial charge in [-0.1, -0.05) is 37.6 Å². The Morgan fingerprint density at radius 1 is 1.09 bits per heavy atom. The van der Waals surface area contributed by atoms with E-state index in [-0.39, 0.29) is 23.9 Å². The van der Waals surface area contributed by atoms with Crippen LogP contribution >= 0.6 is 11.6 Å². The standard InChI is InChI=1S/C17H21ClO4/c1-10(12(3)19)11(2)16(20)9-15(17(21)22-4)13-5-7-14(18)8-6-13/h5-8,10-11,15H,9H2,1-4H3/t10-,11+,15+/m1/s1. The number of esters is 1. The molecule has 0 aromatic heterocycles. The Balaban J connectivity index is 2.95. The van der Waals surface area contributed by atoms with Crippen molar-refractivity contribution in [2.45, 2.75) is 33.1 Å². The lowest BCUT2D eigenvalue weighted by Gasteiger charge is -2.20. The molecule has 0 bridgehead atoms. The molecule has 22 heavy (non-hydrogen) atoms. The van der Waals surface area contributed by atoms with Gasteiger partial charge in [-0.05, 0) is 24.6 Å². The molecular weight excluding hydrogens is 304 g/mol. The lowest BCUT2D eigenvalue weighted by molar-refractivity contribution is -0.144. The predicted molar refractivity (Wildman–Crippen MR) is 84.8 cm³/mol. The van der Waals surface area contributed by atoms with Gasteiger partial charge in [-0.15, -0.1) is 0 Å². The van der Waals surface area contributed by atoms with Crippen LogP contribution in [0.1, 0.15) is 38.7 Å². The van der Waals surface area contributed by atoms with E-state index in [1.165, 1.54) is 14.0 Å². The number of rotatable bonds is 7. The van der Waals surface area contributed by atoms with Crippen LogP contribution < -0.4 is 0 Å². The smallest absolute Gasteiger partial charge is 0.313 e. The highest BCUT2D eigenvalue weighted by atomic mass is 35.5. The van der Waals surface area contributed by atoms with Gasteiger partial charge < -0.3 is 4.74 Å². The Morgan fingerprint density at radius 3 is 2.09 bits per heavy atom. The molecule has 0 fully saturated rings. The van der Waals surface area contributed by atoms with E-state index < -0.39 is 17.8 Å². The Labute approximate surface area is 135 Å². The maximum Gasteiger partial charge on any atom is 0.313 e. The zero-order chi connectivity index (χ0) is 16.9. The summed E-state index contributed by atoms with van der Waals surface area (Å²) in [7, 11) is 1.29. The van der Waals surface area contributed by atoms with Crippen molar-refractivity contribution in [3.05, 3.63) is 34.9 Å². The molecule has 0 unspecified atom stereocenters. The fourth-order valence-corrected chi connectivity index (χ4v) is 2.32. The second-order valence-corrected chi connectivity index (χ2v) is 5.92. The zero-order valence-corrected chi connectivity index (χ0v) is 14.0. The van der Waals surface area contributed by atoms with Crippen LogP contribution in [0.5, 0.6) is 0 Å². The highest BCUT2D eigenvalue weighted by Gasteiger charge is 2.30. The summed E-state index contributed by atoms with van der Waals surface area (Å²) in [5.74, 6) is -2.13. The number of ketones is 2. The van der Waals surface area contributed by atoms with Gasteiger partial charge in [0, 0.05) is 23.3 Å². The largest absolute Gasteiger partial charge is 0.469 e. The summed E-state index contributed by atoms with van der Waals surface area (Å²) in [6.45, 7) is 4.90. The third-order valence-electron chi connectivity index (χ3n) is 4.06. The first kappa shape index (κ1) is 18.4. The molecule has 120 valence electrons. The van der Waals surface area contributed by atoms with Crippen molar-refractivity contribution in [2.24, 2.45) is 11.8 Å². The van der Waals surface area contributed by atoms with Gasteiger partial charge in [0.1, 0.15) is 11.6 Å². The van der Waals surface area contributed by atoms with Crippen LogP contribution in [0.15, 0.2) is 24.3 Å². The molecule has 0 radical (unpaired) electrons. The van der Waals surface area contributed by atoms with Crippen molar-refractivity contribution in [3.63, 3.8) is 0 Å². The molecule has 0 heterocycles. The van der Waals surface area contributed by atoms with Crippen LogP contribution in [0.2, 0.25) is 5.02 Å². The fourth-order valence-electron chi connectivity index (χ4n) is 2.19. The summed E-state index contributed by atoms with van der Waals surface area (Å²) in [5.41, 5.74) is 0.673. The number of halogens is 1. The van der Waals surface area contributed by atoms with Crippen LogP contribution in [-0.2, 0) is 19.1 Å². The average Bonchev–Trinajstić information content (AvgIpc) is 2.51. The van der Waals surface area contributed by atoms with E-state index >= 15 is 0 Å². The fraction of sp³-hybridized carbons (Fsp3) is 0.471. The van der Waals surface area contributed by atoms with Gasteiger partial charge in [0.2, 0.25) is 0 Å². The summed E-state index contributed by atoms with van der Waals surface area (Å²) in [5, 5.41) is 0.553. The number of hydrogen-bond donors (Lipinski definition) is 0. The van der Waals surface area contributed by atoms with E-state index in [4.69, 9.17) is 16.3 Å². The van der Waals surface area contributed by atoms with E-state index in [0.717, 1.165) is 0 Å². The Bertz CT molecular complexity index is 550. The second-order valence-electron chi connectivity index (χ2n) is 5.49. The van der Waals surface area contributed by atoms with Gasteiger partial charge >= 0.3 is 5.97 Å². The highest BCUT2D eigenvalue weighted by molar-refractivity contribution is 6.30. The topological polar surface area (TPSA) is 60.4 Å². The van der Waals surface area contributed by atoms with E-state index in [9.17, 15) is 14.4 Å². The van der Waals surface area contributed by atoms with Gasteiger partial charge in [-0.2, -0.15) is 0 Å². The molecule has 4 nitrogen and oxygen atoms in total. The van der Waals surface area contributed by atoms with Crippen LogP contribution in [0.4, 0.5) is 0 Å². The number of carbonyl (C=O) groups excluding carboxylic acids is 3. The van der Waals surface area contributed by atoms with Crippen LogP contribution in [-0.4, -0.2) is 24.6 Å². The monoisotopic (exact) mass is 324 g/mol. The van der Waals surface area contributed by atoms with Crippen LogP contribution in [0.25, 0.3) is 0 Å². The van der Waals surface area contributed by atoms with E-state index in [2.05, 4.69) is 0 Å². The molecule has 0 saturated heterocycles. The Morgan fingerprint density at radius 2 is 1.64 bits per heavy atom. The Kier molecular flexibility index (Phi) is 6.75. The van der Waals surface area contributed by atoms with Crippen molar-refractivity contribution in [1.82, 2.24) is 0 Å². The summed E-state index contributed by atoms with van der Waals surface area (Å²) in [6.07, 6.45) is 0.00704. The number of Topliss-reactive ketones (excluding diaryl/α,β-unsaturated/α-hetero) is 2. The van der Waals surface area contributed by atoms with Crippen molar-refractivity contribution in [3.8, 4) is 0 Å². The number of benzene rings is 1. The lowest BCUT2D eigenvalue weighted by atomic mass is 9.83. The van der Waals surface area contributed by atoms with Crippen LogP contribution in [0.3, 0.4) is 0 Å². The van der Waals surface area contributed by atoms with Gasteiger partial charge in [0.05, 0.1) is 13.0 Å². The molecule has 1 rings (SSSR count). The average molecular weight is 325 g/mol. The van der Waals surface area contributed by atoms with Gasteiger partial charge in [-0.25, -0.2) is 0 Å². The number of ether oxygens (including phenoxy) is 1. The van der Waals surface area contributed by atoms with Crippen LogP contribution in [0, 0.1) is 11.8 Å². The quantitative estimate of drug-likeness (QED) is 0.721. The van der Waals surface area contributed by atoms with Gasteiger partial charge in [0.25, 0.3) is 0 Å². The molecular formula is C17H21ClO4. The number of carbonyl (C=O) groups is 3. The highest BCUT2D eigenvalue weighted by Crippen LogP contribution is 2.26. The third kappa shape index (κ3) is 4.67. The molecule has 0 N–H and O–H groups in total. The molecule has 5 heteroatoms. The second kappa shape index (κ2) is 8.08. The van der Waals surface area contributed by atoms with Crippen molar-refractivity contribution in [1.29, 1.82) is 0 Å². The summed E-state index contributed by atoms with van der Waals surface area (Å²) in [4.78, 5) is 35.8. The normalized spacial score (nSPS) is 14.8. The zero-order valence-electron chi connectivity index (χ0n) is 13.3. The van der Waals surface area contributed by atoms with Crippen molar-refractivity contribution in [2.75, 3.05) is 7.11 Å². The van der Waals surface area contributed by atoms with E-state index in [0.29, 0.717) is 10.6 Å². The summed E-state index contributed by atoms with van der Waals surface area (Å²) in [6, 6.07) is 6.74. The molecule has 0 aliphatic heterocycles. The molecule has 1 aromatic carbocycles. The minimum Gasteiger partial charge on any atom is -0.469 e. The molecule has 0 aliphatic rings. The number of hydrogen-bond acceptors (Lipinski definition) is 4. The minimum atomic E-state index is -0.684. The first-order chi connectivity index (χ1) is 10.3. The third-order valence-corrected chi connectivity index (χ3v) is 4.31. The minimum absolute atomic E-state index is 0.00704. The first-order valence-corrected chi connectivity index (χ1v) is 7.52. The maximum absolute atomic E-state index is 12.4. The van der Waals surface area contributed by atoms with Crippen molar-refractivity contribution < 1.29 is 19.1 Å². The summed E-state index contributed by atoms with van der Waals surface area (Å²) < 4.78 is 4.79. The SMILES string of the molecule is COC(=O)[C@@H](CC(=O)[C@@H](C)[C@@H](C)C(C)=O)c1ccc(Cl)cc1. The summed E-state index contributed by atoms with van der Waals surface area (Å²) >= 11 is 5.84. The molecule has 0 saturated carbocycles. The molecule has 0 aliphatic carbocycles. The molecule has 0 spiro atoms. The molecule has 0 amide bonds. The van der Waals surface area contributed by atoms with E-state index in [1.54, 1.807) is 38.1 Å². The first-order valence-electron chi connectivity index (χ1n) is 7.14. The van der Waals surface area contributed by atoms with Gasteiger partial charge in [0.15, 0.2) is 0 Å². The lowest BCUT2D eigenvalue weighted by Crippen LogP contribution is -2.27. The van der Waals surface area contributed by atoms with Crippen molar-refractivity contribution >= 4 is 29.1 Å². The predicted octanol–water partition coefficient (Wildman–Crippen LogP) is 3.42. The maximum atomic E-state index is 12.4.